The van der Waals surface area contributed by atoms with Crippen molar-refractivity contribution in [1.82, 2.24) is 9.80 Å². The van der Waals surface area contributed by atoms with Crippen LogP contribution >= 0.6 is 0 Å². The van der Waals surface area contributed by atoms with Crippen LogP contribution in [0.25, 0.3) is 0 Å². The zero-order valence-electron chi connectivity index (χ0n) is 17.3. The maximum absolute atomic E-state index is 13.2. The molecule has 10 unspecified atom stereocenters. The Morgan fingerprint density at radius 3 is 2.20 bits per heavy atom. The zero-order valence-corrected chi connectivity index (χ0v) is 17.3. The second-order valence-electron chi connectivity index (χ2n) is 10.1. The number of likely N-dealkylation sites (tertiary alicyclic amines) is 2. The average Bonchev–Trinajstić information content (AvgIpc) is 3.21. The molecule has 0 radical (unpaired) electrons. The summed E-state index contributed by atoms with van der Waals surface area (Å²) in [5.74, 6) is -1.44. The second kappa shape index (κ2) is 6.66. The number of hydrogen-bond donors (Lipinski definition) is 1. The molecule has 3 amide bonds. The fourth-order valence-corrected chi connectivity index (χ4v) is 7.83. The Balaban J connectivity index is 1.47. The van der Waals surface area contributed by atoms with Crippen LogP contribution in [0.5, 0.6) is 0 Å². The predicted octanol–water partition coefficient (Wildman–Crippen LogP) is 1.86. The Hall–Kier alpha value is -1.67. The van der Waals surface area contributed by atoms with E-state index >= 15 is 0 Å². The van der Waals surface area contributed by atoms with Crippen molar-refractivity contribution in [3.05, 3.63) is 0 Å². The summed E-state index contributed by atoms with van der Waals surface area (Å²) in [6.07, 6.45) is 5.68. The number of carboxylic acid groups (broad SMARTS) is 1. The number of imide groups is 1. The zero-order chi connectivity index (χ0) is 20.7. The number of nitrogens with zero attached hydrogens (tertiary/aromatic N) is 2. The van der Waals surface area contributed by atoms with Crippen molar-refractivity contribution >= 4 is 17.9 Å². The van der Waals surface area contributed by atoms with E-state index in [9.17, 15) is 19.5 Å². The molecule has 0 bridgehead atoms. The third-order valence-electron chi connectivity index (χ3n) is 8.92. The first-order valence-electron chi connectivity index (χ1n) is 11.6. The molecule has 6 aliphatic rings. The molecule has 30 heavy (non-hydrogen) atoms. The molecular formula is C22H30N2O6. The normalized spacial score (nSPS) is 49.8. The fourth-order valence-electron chi connectivity index (χ4n) is 7.83. The third kappa shape index (κ3) is 2.38. The Kier molecular flexibility index (Phi) is 4.23. The van der Waals surface area contributed by atoms with Crippen LogP contribution in [0.15, 0.2) is 0 Å². The standard InChI is InChI=1S/C22H30N2O6/c1-23-20(25)15-14-10-6-2-3-7-11(10)24(22(27)28)17(14)19-18(16(15)21(23)26)29-12-8-4-5-9-13(12)30-19/h10-19H,2-9H2,1H3,(H,27,28). The van der Waals surface area contributed by atoms with Crippen LogP contribution in [0.2, 0.25) is 0 Å². The van der Waals surface area contributed by atoms with E-state index < -0.39 is 36.2 Å². The smallest absolute Gasteiger partial charge is 0.407 e. The van der Waals surface area contributed by atoms with Gasteiger partial charge in [-0.3, -0.25) is 19.4 Å². The van der Waals surface area contributed by atoms with E-state index in [1.807, 2.05) is 0 Å². The molecule has 6 fully saturated rings. The Morgan fingerprint density at radius 2 is 1.50 bits per heavy atom. The van der Waals surface area contributed by atoms with E-state index in [0.717, 1.165) is 51.4 Å². The summed E-state index contributed by atoms with van der Waals surface area (Å²) in [4.78, 5) is 41.7. The number of rotatable bonds is 0. The summed E-state index contributed by atoms with van der Waals surface area (Å²) < 4.78 is 13.1. The number of hydrogen-bond acceptors (Lipinski definition) is 5. The molecule has 3 saturated heterocycles. The van der Waals surface area contributed by atoms with Crippen molar-refractivity contribution in [2.24, 2.45) is 23.7 Å². The van der Waals surface area contributed by atoms with E-state index in [0.29, 0.717) is 0 Å². The highest BCUT2D eigenvalue weighted by Gasteiger charge is 2.70. The Morgan fingerprint density at radius 1 is 0.900 bits per heavy atom. The quantitative estimate of drug-likeness (QED) is 0.604. The van der Waals surface area contributed by atoms with Gasteiger partial charge in [-0.1, -0.05) is 25.7 Å². The van der Waals surface area contributed by atoms with Gasteiger partial charge >= 0.3 is 6.09 Å². The molecule has 8 nitrogen and oxygen atoms in total. The van der Waals surface area contributed by atoms with Crippen LogP contribution < -0.4 is 0 Å². The first kappa shape index (κ1) is 19.0. The lowest BCUT2D eigenvalue weighted by atomic mass is 9.62. The monoisotopic (exact) mass is 418 g/mol. The van der Waals surface area contributed by atoms with Crippen molar-refractivity contribution in [3.63, 3.8) is 0 Å². The minimum Gasteiger partial charge on any atom is -0.465 e. The molecule has 0 aromatic heterocycles. The van der Waals surface area contributed by atoms with Crippen molar-refractivity contribution in [2.75, 3.05) is 7.05 Å². The SMILES string of the molecule is CN1C(=O)C2C3OC4CCCCC4OC3C3C(C4CCCCC4N3C(=O)O)C2C1=O. The lowest BCUT2D eigenvalue weighted by molar-refractivity contribution is -0.271. The minimum atomic E-state index is -0.934. The van der Waals surface area contributed by atoms with Gasteiger partial charge in [-0.2, -0.15) is 0 Å². The highest BCUT2D eigenvalue weighted by Crippen LogP contribution is 2.57. The van der Waals surface area contributed by atoms with Gasteiger partial charge in [-0.25, -0.2) is 4.79 Å². The second-order valence-corrected chi connectivity index (χ2v) is 10.1. The van der Waals surface area contributed by atoms with Crippen LogP contribution in [-0.4, -0.2) is 76.4 Å². The van der Waals surface area contributed by atoms with Gasteiger partial charge in [0, 0.05) is 13.1 Å². The van der Waals surface area contributed by atoms with Crippen LogP contribution in [0.4, 0.5) is 4.79 Å². The number of carbonyl (C=O) groups is 3. The molecule has 10 atom stereocenters. The molecule has 3 aliphatic carbocycles. The summed E-state index contributed by atoms with van der Waals surface area (Å²) in [7, 11) is 1.56. The molecule has 0 aromatic rings. The Bertz CT molecular complexity index is 788. The summed E-state index contributed by atoms with van der Waals surface area (Å²) >= 11 is 0. The molecule has 3 saturated carbocycles. The van der Waals surface area contributed by atoms with Crippen LogP contribution in [0.3, 0.4) is 0 Å². The molecular weight excluding hydrogens is 388 g/mol. The number of amides is 3. The average molecular weight is 418 g/mol. The third-order valence-corrected chi connectivity index (χ3v) is 8.92. The lowest BCUT2D eigenvalue weighted by Crippen LogP contribution is -2.67. The van der Waals surface area contributed by atoms with Crippen molar-refractivity contribution in [1.29, 1.82) is 0 Å². The van der Waals surface area contributed by atoms with E-state index in [1.54, 1.807) is 11.9 Å². The molecule has 6 rings (SSSR count). The van der Waals surface area contributed by atoms with Gasteiger partial charge in [-0.05, 0) is 37.5 Å². The molecule has 8 heteroatoms. The van der Waals surface area contributed by atoms with E-state index in [4.69, 9.17) is 9.47 Å². The number of carbonyl (C=O) groups excluding carboxylic acids is 2. The molecule has 164 valence electrons. The van der Waals surface area contributed by atoms with Gasteiger partial charge in [0.25, 0.3) is 0 Å². The first-order valence-corrected chi connectivity index (χ1v) is 11.6. The highest BCUT2D eigenvalue weighted by molar-refractivity contribution is 6.05. The molecule has 0 aromatic carbocycles. The van der Waals surface area contributed by atoms with Crippen LogP contribution in [0.1, 0.15) is 51.4 Å². The molecule has 3 aliphatic heterocycles. The first-order chi connectivity index (χ1) is 14.5. The number of fused-ring (bicyclic) bond motifs is 9. The van der Waals surface area contributed by atoms with Gasteiger partial charge in [0.2, 0.25) is 11.8 Å². The lowest BCUT2D eigenvalue weighted by Gasteiger charge is -2.53. The van der Waals surface area contributed by atoms with Crippen LogP contribution in [-0.2, 0) is 19.1 Å². The molecule has 3 heterocycles. The van der Waals surface area contributed by atoms with Crippen molar-refractivity contribution < 1.29 is 29.0 Å². The maximum Gasteiger partial charge on any atom is 0.407 e. The largest absolute Gasteiger partial charge is 0.465 e. The van der Waals surface area contributed by atoms with Crippen molar-refractivity contribution in [2.45, 2.75) is 87.9 Å². The van der Waals surface area contributed by atoms with E-state index in [-0.39, 0.29) is 41.9 Å². The van der Waals surface area contributed by atoms with Gasteiger partial charge in [-0.15, -0.1) is 0 Å². The summed E-state index contributed by atoms with van der Waals surface area (Å²) in [5, 5.41) is 10.2. The van der Waals surface area contributed by atoms with Gasteiger partial charge in [0.1, 0.15) is 6.10 Å². The number of ether oxygens (including phenoxy) is 2. The van der Waals surface area contributed by atoms with Crippen molar-refractivity contribution in [3.8, 4) is 0 Å². The van der Waals surface area contributed by atoms with E-state index in [2.05, 4.69) is 0 Å². The topological polar surface area (TPSA) is 96.4 Å². The predicted molar refractivity (Wildman–Crippen MR) is 103 cm³/mol. The van der Waals surface area contributed by atoms with Gasteiger partial charge in [0.15, 0.2) is 0 Å². The summed E-state index contributed by atoms with van der Waals surface area (Å²) in [5.41, 5.74) is 0. The minimum absolute atomic E-state index is 0.0413. The Labute approximate surface area is 175 Å². The van der Waals surface area contributed by atoms with Gasteiger partial charge < -0.3 is 14.6 Å². The molecule has 1 N–H and O–H groups in total. The highest BCUT2D eigenvalue weighted by atomic mass is 16.6. The fraction of sp³-hybridized carbons (Fsp3) is 0.864. The maximum atomic E-state index is 13.2. The summed E-state index contributed by atoms with van der Waals surface area (Å²) in [6, 6.07) is -0.500. The molecule has 0 spiro atoms. The van der Waals surface area contributed by atoms with Gasteiger partial charge in [0.05, 0.1) is 36.2 Å². The van der Waals surface area contributed by atoms with Crippen LogP contribution in [0, 0.1) is 23.7 Å². The van der Waals surface area contributed by atoms with E-state index in [1.165, 1.54) is 4.90 Å². The summed E-state index contributed by atoms with van der Waals surface area (Å²) in [6.45, 7) is 0.